The van der Waals surface area contributed by atoms with Crippen LogP contribution in [0.3, 0.4) is 0 Å². The molecule has 2 aliphatic rings. The first-order valence-electron chi connectivity index (χ1n) is 16.2. The molecule has 3 N–H and O–H groups in total. The number of nitrogens with zero attached hydrogens (tertiary/aromatic N) is 7. The van der Waals surface area contributed by atoms with E-state index in [1.165, 1.54) is 42.7 Å². The van der Waals surface area contributed by atoms with E-state index in [1.807, 2.05) is 5.48 Å². The van der Waals surface area contributed by atoms with Gasteiger partial charge in [-0.3, -0.25) is 20.2 Å². The Labute approximate surface area is 326 Å². The minimum atomic E-state index is -0.699. The third kappa shape index (κ3) is 9.49. The van der Waals surface area contributed by atoms with Gasteiger partial charge in [0.1, 0.15) is 23.2 Å². The fraction of sp³-hybridized carbons (Fsp3) is 0.364. The Morgan fingerprint density at radius 1 is 0.889 bits per heavy atom. The molecule has 3 heterocycles. The number of hydrogen-bond donors (Lipinski definition) is 2. The average molecular weight is 763 g/mol. The second kappa shape index (κ2) is 18.7. The number of amidine groups is 1. The molecular formula is C33H33F2N8NaO10. The summed E-state index contributed by atoms with van der Waals surface area (Å²) in [6.45, 7) is 3.47. The van der Waals surface area contributed by atoms with E-state index in [-0.39, 0.29) is 112 Å². The molecule has 5 aromatic rings. The third-order valence-corrected chi connectivity index (χ3v) is 8.27. The number of Topliss-reactive ketones (excluding diaryl/α,β-unsaturated/α-hetero) is 2. The van der Waals surface area contributed by atoms with Gasteiger partial charge in [0, 0.05) is 12.8 Å². The molecule has 0 saturated carbocycles. The van der Waals surface area contributed by atoms with Crippen LogP contribution in [0, 0.1) is 11.6 Å². The first-order valence-corrected chi connectivity index (χ1v) is 16.2. The van der Waals surface area contributed by atoms with Crippen molar-refractivity contribution in [2.24, 2.45) is 4.99 Å². The average Bonchev–Trinajstić information content (AvgIpc) is 3.85. The van der Waals surface area contributed by atoms with E-state index >= 15 is 0 Å². The molecule has 2 aromatic carbocycles. The molecule has 18 nitrogen and oxygen atoms in total. The van der Waals surface area contributed by atoms with E-state index in [2.05, 4.69) is 35.4 Å². The number of nitrogens with one attached hydrogen (secondary N) is 1. The van der Waals surface area contributed by atoms with Crippen LogP contribution in [0.1, 0.15) is 79.6 Å². The number of aliphatic imine (C=N–C) groups is 1. The molecule has 3 aromatic heterocycles. The molecule has 2 atom stereocenters. The van der Waals surface area contributed by atoms with Crippen molar-refractivity contribution in [2.45, 2.75) is 64.5 Å². The summed E-state index contributed by atoms with van der Waals surface area (Å²) in [4.78, 5) is 38.4. The van der Waals surface area contributed by atoms with Gasteiger partial charge >= 0.3 is 35.3 Å². The summed E-state index contributed by atoms with van der Waals surface area (Å²) < 4.78 is 53.2. The second-order valence-electron chi connectivity index (χ2n) is 12.0. The van der Waals surface area contributed by atoms with Crippen LogP contribution in [0.2, 0.25) is 0 Å². The van der Waals surface area contributed by atoms with E-state index in [0.29, 0.717) is 44.1 Å². The van der Waals surface area contributed by atoms with Crippen molar-refractivity contribution < 1.29 is 81.9 Å². The molecule has 0 radical (unpaired) electrons. The second-order valence-corrected chi connectivity index (χ2v) is 12.0. The van der Waals surface area contributed by atoms with Crippen LogP contribution in [0.25, 0.3) is 11.5 Å². The molecule has 0 saturated heterocycles. The number of rotatable bonds is 14. The summed E-state index contributed by atoms with van der Waals surface area (Å²) in [5, 5.41) is 27.9. The third-order valence-electron chi connectivity index (χ3n) is 8.27. The predicted molar refractivity (Wildman–Crippen MR) is 174 cm³/mol. The summed E-state index contributed by atoms with van der Waals surface area (Å²) in [5.74, 6) is -1.10. The number of carbonyl (C=O) groups excluding carboxylic acids is 2. The number of hydrogen-bond acceptors (Lipinski definition) is 16. The number of fused-ring (bicyclic) bond motifs is 2. The molecule has 0 spiro atoms. The van der Waals surface area contributed by atoms with E-state index in [1.54, 1.807) is 12.1 Å². The fourth-order valence-corrected chi connectivity index (χ4v) is 5.64. The van der Waals surface area contributed by atoms with Crippen LogP contribution >= 0.6 is 0 Å². The largest absolute Gasteiger partial charge is 1.00 e. The van der Waals surface area contributed by atoms with E-state index in [0.717, 1.165) is 16.7 Å². The van der Waals surface area contributed by atoms with Crippen LogP contribution in [0.4, 0.5) is 8.78 Å². The summed E-state index contributed by atoms with van der Waals surface area (Å²) >= 11 is 0. The number of hydroxylamine groups is 1. The molecule has 21 heteroatoms. The van der Waals surface area contributed by atoms with Gasteiger partial charge in [0.15, 0.2) is 5.84 Å². The summed E-state index contributed by atoms with van der Waals surface area (Å²) in [6, 6.07) is 8.24. The van der Waals surface area contributed by atoms with Gasteiger partial charge in [0.05, 0.1) is 25.3 Å². The molecule has 54 heavy (non-hydrogen) atoms. The van der Waals surface area contributed by atoms with Gasteiger partial charge < -0.3 is 24.5 Å². The minimum absolute atomic E-state index is 0. The molecular weight excluding hydrogens is 729 g/mol. The molecule has 7 rings (SSSR count). The van der Waals surface area contributed by atoms with Crippen LogP contribution in [0.5, 0.6) is 11.8 Å². The summed E-state index contributed by atoms with van der Waals surface area (Å²) in [6.07, 6.45) is 2.95. The summed E-state index contributed by atoms with van der Waals surface area (Å²) in [5.41, 5.74) is 5.56. The van der Waals surface area contributed by atoms with Gasteiger partial charge in [-0.05, 0) is 107 Å². The number of ether oxygens (including phenoxy) is 2. The SMILES string of the molecule is CC(=O)CCCOc1nonc1-c1noc(=O)n1C1Cc2ccc(F)cc21.CC(=O)CCCOc1nonc1C(=NC1Cc2ccc(F)cc21)NO.[Na+].[OH-]. The van der Waals surface area contributed by atoms with Crippen LogP contribution < -0.4 is 50.3 Å². The standard InChI is InChI=1S/C17H15FN4O5.C16H17FN4O4.Na.H2O/c1-9(23)3-2-6-25-16-14(19-27-21-16)15-20-26-17(24)22(15)13-7-10-4-5-11(18)8-12(10)13;1-9(22)3-2-6-24-16-14(20-25-21-16)15(19-23)18-13-7-10-4-5-11(17)8-12(10)13;;/h4-5,8,13H,2-3,6-7H2,1H3;4-5,8,13,23H,2-3,6-7H2,1H3,(H,18,19);;1H2/q;;+1;/p-1. The molecule has 2 unspecified atom stereocenters. The Hall–Kier alpha value is -5.15. The Morgan fingerprint density at radius 3 is 2.13 bits per heavy atom. The first kappa shape index (κ1) is 41.6. The van der Waals surface area contributed by atoms with Crippen molar-refractivity contribution in [3.8, 4) is 23.3 Å². The number of halogens is 2. The molecule has 0 aliphatic heterocycles. The van der Waals surface area contributed by atoms with Gasteiger partial charge in [0.25, 0.3) is 11.8 Å². The van der Waals surface area contributed by atoms with E-state index in [9.17, 15) is 28.4 Å². The van der Waals surface area contributed by atoms with E-state index in [4.69, 9.17) is 18.6 Å². The van der Waals surface area contributed by atoms with Gasteiger partial charge in [-0.15, -0.1) is 0 Å². The topological polar surface area (TPSA) is 253 Å². The van der Waals surface area contributed by atoms with Crippen molar-refractivity contribution in [1.82, 2.24) is 35.8 Å². The van der Waals surface area contributed by atoms with Crippen molar-refractivity contribution >= 4 is 17.4 Å². The van der Waals surface area contributed by atoms with Crippen LogP contribution in [-0.2, 0) is 22.4 Å². The molecule has 0 fully saturated rings. The zero-order valence-corrected chi connectivity index (χ0v) is 31.3. The van der Waals surface area contributed by atoms with Crippen LogP contribution in [0.15, 0.2) is 60.0 Å². The minimum Gasteiger partial charge on any atom is -0.870 e. The van der Waals surface area contributed by atoms with Crippen molar-refractivity contribution in [3.63, 3.8) is 0 Å². The Kier molecular flexibility index (Phi) is 14.4. The molecule has 280 valence electrons. The van der Waals surface area contributed by atoms with Gasteiger partial charge in [0.2, 0.25) is 17.2 Å². The maximum atomic E-state index is 13.6. The van der Waals surface area contributed by atoms with Gasteiger partial charge in [-0.1, -0.05) is 17.3 Å². The Bertz CT molecular complexity index is 2170. The molecule has 0 bridgehead atoms. The predicted octanol–water partition coefficient (Wildman–Crippen LogP) is 0.726. The van der Waals surface area contributed by atoms with Crippen molar-refractivity contribution in [3.05, 3.63) is 86.5 Å². The quantitative estimate of drug-likeness (QED) is 0.0520. The normalized spacial score (nSPS) is 15.1. The van der Waals surface area contributed by atoms with Crippen molar-refractivity contribution in [1.29, 1.82) is 0 Å². The van der Waals surface area contributed by atoms with Gasteiger partial charge in [-0.2, -0.15) is 0 Å². The fourth-order valence-electron chi connectivity index (χ4n) is 5.64. The molecule has 0 amide bonds. The van der Waals surface area contributed by atoms with E-state index < -0.39 is 11.8 Å². The van der Waals surface area contributed by atoms with Crippen molar-refractivity contribution in [2.75, 3.05) is 13.2 Å². The number of benzene rings is 2. The maximum absolute atomic E-state index is 13.6. The maximum Gasteiger partial charge on any atom is 1.00 e. The van der Waals surface area contributed by atoms with Crippen LogP contribution in [-0.4, -0.2) is 71.6 Å². The molecule has 2 aliphatic carbocycles. The first-order chi connectivity index (χ1) is 25.1. The Morgan fingerprint density at radius 2 is 1.48 bits per heavy atom. The number of aromatic nitrogens is 6. The zero-order chi connectivity index (χ0) is 36.8. The monoisotopic (exact) mass is 762 g/mol. The Balaban J connectivity index is 0.000000233. The summed E-state index contributed by atoms with van der Waals surface area (Å²) in [7, 11) is 0. The smallest absolute Gasteiger partial charge is 0.870 e. The number of carbonyl (C=O) groups is 2. The number of ketones is 2. The van der Waals surface area contributed by atoms with Gasteiger partial charge in [-0.25, -0.2) is 27.4 Å². The zero-order valence-electron chi connectivity index (χ0n) is 29.3.